The van der Waals surface area contributed by atoms with Crippen LogP contribution in [0.4, 0.5) is 5.69 Å². The largest absolute Gasteiger partial charge is 1.00 e. The Bertz CT molecular complexity index is 665. The van der Waals surface area contributed by atoms with E-state index in [-0.39, 0.29) is 35.2 Å². The molecule has 1 amide bonds. The number of azo groups is 1. The molecule has 0 unspecified atom stereocenters. The summed E-state index contributed by atoms with van der Waals surface area (Å²) < 4.78 is 32.9. The van der Waals surface area contributed by atoms with Gasteiger partial charge in [0, 0.05) is 0 Å². The van der Waals surface area contributed by atoms with E-state index in [4.69, 9.17) is 10.8 Å². The van der Waals surface area contributed by atoms with Gasteiger partial charge in [0.05, 0.1) is 4.90 Å². The SMILES string of the molecule is C/C(O)=C(\N=Nc1ccccc1S(=O)(=O)[O-])C(N)=O.[Na+]. The first-order valence-corrected chi connectivity index (χ1v) is 6.30. The summed E-state index contributed by atoms with van der Waals surface area (Å²) in [5.74, 6) is -1.51. The number of hydrogen-bond acceptors (Lipinski definition) is 7. The second-order valence-electron chi connectivity index (χ2n) is 3.42. The molecule has 0 fully saturated rings. The Morgan fingerprint density at radius 2 is 1.90 bits per heavy atom. The molecular formula is C10H10N3NaO5S. The zero-order chi connectivity index (χ0) is 14.6. The van der Waals surface area contributed by atoms with Gasteiger partial charge >= 0.3 is 29.6 Å². The Labute approximate surface area is 137 Å². The van der Waals surface area contributed by atoms with Gasteiger partial charge in [0.15, 0.2) is 5.70 Å². The molecule has 8 nitrogen and oxygen atoms in total. The number of aliphatic hydroxyl groups excluding tert-OH is 1. The van der Waals surface area contributed by atoms with Crippen molar-refractivity contribution in [2.45, 2.75) is 11.8 Å². The van der Waals surface area contributed by atoms with Crippen molar-refractivity contribution in [3.8, 4) is 0 Å². The van der Waals surface area contributed by atoms with Crippen LogP contribution in [0.3, 0.4) is 0 Å². The minimum atomic E-state index is -4.72. The summed E-state index contributed by atoms with van der Waals surface area (Å²) in [5.41, 5.74) is 4.15. The molecule has 0 saturated heterocycles. The van der Waals surface area contributed by atoms with Crippen LogP contribution in [0.25, 0.3) is 0 Å². The smallest absolute Gasteiger partial charge is 0.744 e. The van der Waals surface area contributed by atoms with E-state index in [1.807, 2.05) is 0 Å². The monoisotopic (exact) mass is 307 g/mol. The summed E-state index contributed by atoms with van der Waals surface area (Å²) in [5, 5.41) is 15.9. The number of nitrogens with zero attached hydrogens (tertiary/aromatic N) is 2. The number of hydrogen-bond donors (Lipinski definition) is 2. The van der Waals surface area contributed by atoms with Crippen molar-refractivity contribution in [1.82, 2.24) is 0 Å². The van der Waals surface area contributed by atoms with Gasteiger partial charge in [-0.15, -0.1) is 10.2 Å². The molecule has 0 heterocycles. The summed E-state index contributed by atoms with van der Waals surface area (Å²) in [6, 6.07) is 5.05. The number of rotatable bonds is 4. The van der Waals surface area contributed by atoms with Crippen LogP contribution in [0.5, 0.6) is 0 Å². The van der Waals surface area contributed by atoms with Crippen molar-refractivity contribution in [3.05, 3.63) is 35.7 Å². The zero-order valence-corrected chi connectivity index (χ0v) is 13.6. The molecule has 0 aliphatic carbocycles. The summed E-state index contributed by atoms with van der Waals surface area (Å²) >= 11 is 0. The maximum absolute atomic E-state index is 11.0. The average molecular weight is 307 g/mol. The van der Waals surface area contributed by atoms with E-state index in [2.05, 4.69) is 10.2 Å². The normalized spacial score (nSPS) is 12.7. The van der Waals surface area contributed by atoms with Crippen molar-refractivity contribution in [1.29, 1.82) is 0 Å². The van der Waals surface area contributed by atoms with Gasteiger partial charge in [0.2, 0.25) is 0 Å². The first-order valence-electron chi connectivity index (χ1n) is 4.90. The van der Waals surface area contributed by atoms with Gasteiger partial charge in [-0.3, -0.25) is 4.79 Å². The van der Waals surface area contributed by atoms with Crippen molar-refractivity contribution >= 4 is 21.7 Å². The molecular weight excluding hydrogens is 297 g/mol. The third kappa shape index (κ3) is 5.02. The summed E-state index contributed by atoms with van der Waals surface area (Å²) in [6.07, 6.45) is 0. The fourth-order valence-corrected chi connectivity index (χ4v) is 1.77. The van der Waals surface area contributed by atoms with Crippen molar-refractivity contribution in [2.24, 2.45) is 16.0 Å². The molecule has 20 heavy (non-hydrogen) atoms. The quantitative estimate of drug-likeness (QED) is 0.216. The van der Waals surface area contributed by atoms with Crippen molar-refractivity contribution in [3.63, 3.8) is 0 Å². The van der Waals surface area contributed by atoms with Crippen LogP contribution < -0.4 is 35.3 Å². The Kier molecular flexibility index (Phi) is 7.03. The maximum atomic E-state index is 11.0. The first-order chi connectivity index (χ1) is 8.73. The Morgan fingerprint density at radius 3 is 2.35 bits per heavy atom. The van der Waals surface area contributed by atoms with E-state index < -0.39 is 32.4 Å². The van der Waals surface area contributed by atoms with Gasteiger partial charge < -0.3 is 15.4 Å². The van der Waals surface area contributed by atoms with Crippen LogP contribution in [-0.4, -0.2) is 24.0 Å². The van der Waals surface area contributed by atoms with Gasteiger partial charge in [0.25, 0.3) is 5.91 Å². The molecule has 0 radical (unpaired) electrons. The third-order valence-corrected chi connectivity index (χ3v) is 2.85. The number of allylic oxidation sites excluding steroid dienone is 1. The van der Waals surface area contributed by atoms with Crippen LogP contribution in [0.2, 0.25) is 0 Å². The van der Waals surface area contributed by atoms with Crippen LogP contribution in [0, 0.1) is 0 Å². The van der Waals surface area contributed by atoms with Gasteiger partial charge in [-0.25, -0.2) is 8.42 Å². The predicted molar refractivity (Wildman–Crippen MR) is 63.4 cm³/mol. The minimum Gasteiger partial charge on any atom is -0.744 e. The van der Waals surface area contributed by atoms with Crippen molar-refractivity contribution < 1.29 is 52.4 Å². The molecule has 0 aliphatic heterocycles. The molecule has 0 aromatic heterocycles. The molecule has 0 spiro atoms. The van der Waals surface area contributed by atoms with Crippen molar-refractivity contribution in [2.75, 3.05) is 0 Å². The number of benzene rings is 1. The molecule has 0 aliphatic rings. The number of carbonyl (C=O) groups is 1. The number of carbonyl (C=O) groups excluding carboxylic acids is 1. The summed E-state index contributed by atoms with van der Waals surface area (Å²) in [7, 11) is -4.72. The van der Waals surface area contributed by atoms with E-state index in [0.717, 1.165) is 13.0 Å². The van der Waals surface area contributed by atoms with Gasteiger partial charge in [-0.2, -0.15) is 0 Å². The molecule has 0 bridgehead atoms. The molecule has 0 atom stereocenters. The number of nitrogens with two attached hydrogens (primary N) is 1. The second-order valence-corrected chi connectivity index (χ2v) is 4.77. The zero-order valence-electron chi connectivity index (χ0n) is 10.8. The minimum absolute atomic E-state index is 0. The number of primary amides is 1. The molecule has 0 saturated carbocycles. The van der Waals surface area contributed by atoms with Gasteiger partial charge in [-0.1, -0.05) is 12.1 Å². The summed E-state index contributed by atoms with van der Waals surface area (Å²) in [6.45, 7) is 1.16. The third-order valence-electron chi connectivity index (χ3n) is 1.97. The van der Waals surface area contributed by atoms with E-state index in [1.54, 1.807) is 0 Å². The van der Waals surface area contributed by atoms with E-state index in [1.165, 1.54) is 18.2 Å². The average Bonchev–Trinajstić information content (AvgIpc) is 2.27. The Hall–Kier alpha value is -1.26. The molecule has 1 aromatic carbocycles. The topological polar surface area (TPSA) is 145 Å². The van der Waals surface area contributed by atoms with E-state index in [9.17, 15) is 17.8 Å². The predicted octanol–water partition coefficient (Wildman–Crippen LogP) is -2.05. The van der Waals surface area contributed by atoms with E-state index >= 15 is 0 Å². The molecule has 1 aromatic rings. The van der Waals surface area contributed by atoms with E-state index in [0.29, 0.717) is 0 Å². The fourth-order valence-electron chi connectivity index (χ4n) is 1.15. The van der Waals surface area contributed by atoms with Crippen LogP contribution in [0.1, 0.15) is 6.92 Å². The van der Waals surface area contributed by atoms with Gasteiger partial charge in [0.1, 0.15) is 21.6 Å². The number of amides is 1. The first kappa shape index (κ1) is 18.7. The molecule has 1 rings (SSSR count). The Balaban J connectivity index is 0.00000361. The Morgan fingerprint density at radius 1 is 1.35 bits per heavy atom. The van der Waals surface area contributed by atoms with Crippen LogP contribution >= 0.6 is 0 Å². The summed E-state index contributed by atoms with van der Waals surface area (Å²) in [4.78, 5) is 10.3. The molecule has 10 heteroatoms. The fraction of sp³-hybridized carbons (Fsp3) is 0.100. The number of aliphatic hydroxyl groups is 1. The standard InChI is InChI=1S/C10H11N3O5S.Na/c1-6(14)9(10(11)15)13-12-7-4-2-3-5-8(7)19(16,17)18;/h2-5,14H,1H3,(H2,11,15)(H,16,17,18);/q;+1/p-1/b9-6+,13-12?;. The maximum Gasteiger partial charge on any atom is 1.00 e. The molecule has 102 valence electrons. The van der Waals surface area contributed by atoms with Gasteiger partial charge in [-0.05, 0) is 19.1 Å². The molecule has 3 N–H and O–H groups in total. The second kappa shape index (κ2) is 7.50. The van der Waals surface area contributed by atoms with Crippen LogP contribution in [-0.2, 0) is 14.9 Å². The van der Waals surface area contributed by atoms with Crippen LogP contribution in [0.15, 0.2) is 50.8 Å².